The van der Waals surface area contributed by atoms with Gasteiger partial charge in [0.05, 0.1) is 5.41 Å². The van der Waals surface area contributed by atoms with Crippen LogP contribution < -0.4 is 11.5 Å². The van der Waals surface area contributed by atoms with Crippen molar-refractivity contribution < 1.29 is 10.2 Å². The van der Waals surface area contributed by atoms with Gasteiger partial charge < -0.3 is 21.7 Å². The number of aliphatic hydroxyl groups excluding tert-OH is 1. The molecule has 1 aromatic rings. The van der Waals surface area contributed by atoms with Crippen LogP contribution in [0, 0.1) is 5.41 Å². The van der Waals surface area contributed by atoms with Crippen LogP contribution in [0.4, 0.5) is 0 Å². The molecule has 0 fully saturated rings. The third-order valence-electron chi connectivity index (χ3n) is 4.70. The molecule has 0 saturated carbocycles. The summed E-state index contributed by atoms with van der Waals surface area (Å²) in [7, 11) is 0. The van der Waals surface area contributed by atoms with E-state index in [9.17, 15) is 10.2 Å². The predicted octanol–water partition coefficient (Wildman–Crippen LogP) is 2.52. The first-order valence-corrected chi connectivity index (χ1v) is 8.38. The molecule has 1 rings (SSSR count). The zero-order chi connectivity index (χ0) is 16.6. The molecule has 0 spiro atoms. The highest BCUT2D eigenvalue weighted by molar-refractivity contribution is 5.18. The summed E-state index contributed by atoms with van der Waals surface area (Å²) in [5.41, 5.74) is 10.8. The first-order valence-electron chi connectivity index (χ1n) is 8.38. The second kappa shape index (κ2) is 8.63. The van der Waals surface area contributed by atoms with Crippen molar-refractivity contribution >= 4 is 0 Å². The Morgan fingerprint density at radius 1 is 1.05 bits per heavy atom. The van der Waals surface area contributed by atoms with Crippen molar-refractivity contribution in [1.29, 1.82) is 0 Å². The normalized spacial score (nSPS) is 16.3. The molecule has 2 unspecified atom stereocenters. The van der Waals surface area contributed by atoms with Gasteiger partial charge >= 0.3 is 0 Å². The van der Waals surface area contributed by atoms with E-state index in [0.717, 1.165) is 31.2 Å². The Hall–Kier alpha value is -0.940. The van der Waals surface area contributed by atoms with E-state index >= 15 is 0 Å². The third kappa shape index (κ3) is 4.53. The van der Waals surface area contributed by atoms with Gasteiger partial charge in [-0.2, -0.15) is 0 Å². The molecule has 0 aromatic heterocycles. The van der Waals surface area contributed by atoms with Crippen LogP contribution in [0.1, 0.15) is 57.9 Å². The molecule has 4 nitrogen and oxygen atoms in total. The van der Waals surface area contributed by atoms with E-state index < -0.39 is 17.4 Å². The van der Waals surface area contributed by atoms with E-state index in [2.05, 4.69) is 13.8 Å². The number of hydrogen-bond acceptors (Lipinski definition) is 4. The maximum absolute atomic E-state index is 11.0. The molecule has 0 heterocycles. The Morgan fingerprint density at radius 3 is 1.95 bits per heavy atom. The van der Waals surface area contributed by atoms with Gasteiger partial charge in [0.25, 0.3) is 0 Å². The van der Waals surface area contributed by atoms with Gasteiger partial charge in [0.15, 0.2) is 0 Å². The summed E-state index contributed by atoms with van der Waals surface area (Å²) in [5.74, 6) is 0. The van der Waals surface area contributed by atoms with Gasteiger partial charge in [-0.1, -0.05) is 69.9 Å². The average molecular weight is 308 g/mol. The van der Waals surface area contributed by atoms with Gasteiger partial charge in [0.1, 0.15) is 12.0 Å². The SMILES string of the molecule is CCCCC(CCCC)(C(N)O)C(N)(O)Cc1ccccc1. The first-order chi connectivity index (χ1) is 10.4. The molecule has 126 valence electrons. The molecule has 1 aromatic carbocycles. The smallest absolute Gasteiger partial charge is 0.127 e. The van der Waals surface area contributed by atoms with E-state index in [0.29, 0.717) is 12.8 Å². The fourth-order valence-electron chi connectivity index (χ4n) is 3.18. The van der Waals surface area contributed by atoms with Crippen molar-refractivity contribution in [2.75, 3.05) is 0 Å². The van der Waals surface area contributed by atoms with Crippen LogP contribution in [0.5, 0.6) is 0 Å². The van der Waals surface area contributed by atoms with E-state index in [4.69, 9.17) is 11.5 Å². The fraction of sp³-hybridized carbons (Fsp3) is 0.667. The Balaban J connectivity index is 3.08. The van der Waals surface area contributed by atoms with Crippen LogP contribution in [0.25, 0.3) is 0 Å². The van der Waals surface area contributed by atoms with Crippen LogP contribution >= 0.6 is 0 Å². The molecule has 2 atom stereocenters. The zero-order valence-corrected chi connectivity index (χ0v) is 14.0. The third-order valence-corrected chi connectivity index (χ3v) is 4.70. The van der Waals surface area contributed by atoms with E-state index in [1.807, 2.05) is 30.3 Å². The summed E-state index contributed by atoms with van der Waals surface area (Å²) >= 11 is 0. The Labute approximate surface area is 134 Å². The van der Waals surface area contributed by atoms with Crippen LogP contribution in [0.3, 0.4) is 0 Å². The van der Waals surface area contributed by atoms with Crippen LogP contribution in [-0.4, -0.2) is 22.2 Å². The lowest BCUT2D eigenvalue weighted by atomic mass is 9.67. The maximum Gasteiger partial charge on any atom is 0.127 e. The van der Waals surface area contributed by atoms with Gasteiger partial charge in [-0.05, 0) is 18.4 Å². The van der Waals surface area contributed by atoms with Gasteiger partial charge in [-0.25, -0.2) is 0 Å². The summed E-state index contributed by atoms with van der Waals surface area (Å²) in [4.78, 5) is 0. The van der Waals surface area contributed by atoms with Gasteiger partial charge in [0.2, 0.25) is 0 Å². The second-order valence-electron chi connectivity index (χ2n) is 6.39. The predicted molar refractivity (Wildman–Crippen MR) is 91.0 cm³/mol. The number of nitrogens with two attached hydrogens (primary N) is 2. The summed E-state index contributed by atoms with van der Waals surface area (Å²) in [6.45, 7) is 4.17. The number of hydrogen-bond donors (Lipinski definition) is 4. The zero-order valence-electron chi connectivity index (χ0n) is 14.0. The molecule has 0 radical (unpaired) electrons. The summed E-state index contributed by atoms with van der Waals surface area (Å²) in [5, 5.41) is 21.3. The minimum absolute atomic E-state index is 0.287. The first kappa shape index (κ1) is 19.1. The lowest BCUT2D eigenvalue weighted by molar-refractivity contribution is -0.150. The second-order valence-corrected chi connectivity index (χ2v) is 6.39. The molecule has 0 aliphatic rings. The Morgan fingerprint density at radius 2 is 1.55 bits per heavy atom. The molecule has 0 bridgehead atoms. The number of aliphatic hydroxyl groups is 2. The van der Waals surface area contributed by atoms with Crippen molar-refractivity contribution in [1.82, 2.24) is 0 Å². The van der Waals surface area contributed by atoms with E-state index in [-0.39, 0.29) is 6.42 Å². The number of unbranched alkanes of at least 4 members (excludes halogenated alkanes) is 2. The summed E-state index contributed by atoms with van der Waals surface area (Å²) in [6.07, 6.45) is 4.12. The fourth-order valence-corrected chi connectivity index (χ4v) is 3.18. The molecule has 6 N–H and O–H groups in total. The Kier molecular flexibility index (Phi) is 7.49. The lowest BCUT2D eigenvalue weighted by Crippen LogP contribution is -2.64. The van der Waals surface area contributed by atoms with Crippen molar-refractivity contribution in [2.45, 2.75) is 70.7 Å². The highest BCUT2D eigenvalue weighted by atomic mass is 16.3. The molecular weight excluding hydrogens is 276 g/mol. The largest absolute Gasteiger partial charge is 0.378 e. The quantitative estimate of drug-likeness (QED) is 0.500. The minimum atomic E-state index is -1.53. The summed E-state index contributed by atoms with van der Waals surface area (Å²) < 4.78 is 0. The lowest BCUT2D eigenvalue weighted by Gasteiger charge is -2.47. The van der Waals surface area contributed by atoms with E-state index in [1.54, 1.807) is 0 Å². The molecule has 22 heavy (non-hydrogen) atoms. The van der Waals surface area contributed by atoms with Crippen LogP contribution in [0.2, 0.25) is 0 Å². The summed E-state index contributed by atoms with van der Waals surface area (Å²) in [6, 6.07) is 9.64. The van der Waals surface area contributed by atoms with Gasteiger partial charge in [-0.3, -0.25) is 0 Å². The standard InChI is InChI=1S/C18H32N2O2/c1-3-5-12-17(16(19)21,13-6-4-2)18(20,22)14-15-10-8-7-9-11-15/h7-11,16,21-22H,3-6,12-14,19-20H2,1-2H3. The Bertz CT molecular complexity index is 410. The van der Waals surface area contributed by atoms with Crippen LogP contribution in [0.15, 0.2) is 30.3 Å². The molecule has 0 amide bonds. The monoisotopic (exact) mass is 308 g/mol. The number of rotatable bonds is 10. The topological polar surface area (TPSA) is 92.5 Å². The minimum Gasteiger partial charge on any atom is -0.378 e. The molecule has 4 heteroatoms. The molecule has 0 aliphatic heterocycles. The highest BCUT2D eigenvalue weighted by Crippen LogP contribution is 2.42. The molecule has 0 saturated heterocycles. The maximum atomic E-state index is 11.0. The van der Waals surface area contributed by atoms with Crippen molar-refractivity contribution in [3.63, 3.8) is 0 Å². The molecule has 0 aliphatic carbocycles. The average Bonchev–Trinajstić information content (AvgIpc) is 2.47. The number of benzene rings is 1. The van der Waals surface area contributed by atoms with Crippen molar-refractivity contribution in [2.24, 2.45) is 16.9 Å². The molecular formula is C18H32N2O2. The van der Waals surface area contributed by atoms with Gasteiger partial charge in [0, 0.05) is 6.42 Å². The van der Waals surface area contributed by atoms with Crippen molar-refractivity contribution in [3.05, 3.63) is 35.9 Å². The van der Waals surface area contributed by atoms with E-state index in [1.165, 1.54) is 0 Å². The highest BCUT2D eigenvalue weighted by Gasteiger charge is 2.50. The van der Waals surface area contributed by atoms with Crippen molar-refractivity contribution in [3.8, 4) is 0 Å². The van der Waals surface area contributed by atoms with Crippen LogP contribution in [-0.2, 0) is 6.42 Å². The van der Waals surface area contributed by atoms with Gasteiger partial charge in [-0.15, -0.1) is 0 Å².